The van der Waals surface area contributed by atoms with E-state index >= 15 is 0 Å². The Bertz CT molecular complexity index is 684. The summed E-state index contributed by atoms with van der Waals surface area (Å²) < 4.78 is 0. The predicted octanol–water partition coefficient (Wildman–Crippen LogP) is 4.05. The minimum absolute atomic E-state index is 0.0899. The molecule has 0 aliphatic rings. The van der Waals surface area contributed by atoms with Gasteiger partial charge in [0.2, 0.25) is 0 Å². The van der Waals surface area contributed by atoms with E-state index in [0.29, 0.717) is 11.3 Å². The summed E-state index contributed by atoms with van der Waals surface area (Å²) in [6, 6.07) is 11.8. The van der Waals surface area contributed by atoms with Crippen LogP contribution < -0.4 is 5.32 Å². The van der Waals surface area contributed by atoms with Crippen molar-refractivity contribution >= 4 is 33.2 Å². The number of carbonyl (C=O) groups excluding carboxylic acids is 1. The molecular weight excluding hydrogens is 336 g/mol. The van der Waals surface area contributed by atoms with Crippen LogP contribution in [0.4, 0.5) is 11.4 Å². The average Bonchev–Trinajstić information content (AvgIpc) is 2.47. The first kappa shape index (κ1) is 15.2. The van der Waals surface area contributed by atoms with Crippen LogP contribution in [-0.2, 0) is 5.33 Å². The van der Waals surface area contributed by atoms with Crippen LogP contribution in [-0.4, -0.2) is 10.8 Å². The fourth-order valence-corrected chi connectivity index (χ4v) is 2.34. The highest BCUT2D eigenvalue weighted by Crippen LogP contribution is 2.23. The third-order valence-electron chi connectivity index (χ3n) is 3.04. The zero-order chi connectivity index (χ0) is 15.4. The first-order valence-corrected chi connectivity index (χ1v) is 7.35. The van der Waals surface area contributed by atoms with Crippen molar-refractivity contribution in [3.63, 3.8) is 0 Å². The molecule has 108 valence electrons. The highest BCUT2D eigenvalue weighted by atomic mass is 79.9. The molecule has 0 aliphatic heterocycles. The van der Waals surface area contributed by atoms with E-state index in [4.69, 9.17) is 0 Å². The van der Waals surface area contributed by atoms with Crippen molar-refractivity contribution in [2.45, 2.75) is 12.3 Å². The third kappa shape index (κ3) is 3.46. The number of nitro groups is 1. The number of amides is 1. The van der Waals surface area contributed by atoms with Crippen molar-refractivity contribution in [1.82, 2.24) is 0 Å². The topological polar surface area (TPSA) is 72.2 Å². The molecule has 0 bridgehead atoms. The van der Waals surface area contributed by atoms with E-state index in [-0.39, 0.29) is 11.3 Å². The molecular formula is C15H13BrN2O3. The molecule has 1 N–H and O–H groups in total. The van der Waals surface area contributed by atoms with Gasteiger partial charge >= 0.3 is 0 Å². The SMILES string of the molecule is Cc1cccc([N+](=O)[O-])c1C(=O)Nc1ccc(CBr)cc1. The van der Waals surface area contributed by atoms with Gasteiger partial charge in [-0.3, -0.25) is 14.9 Å². The molecule has 6 heteroatoms. The van der Waals surface area contributed by atoms with Crippen molar-refractivity contribution in [2.24, 2.45) is 0 Å². The van der Waals surface area contributed by atoms with Gasteiger partial charge in [0, 0.05) is 17.1 Å². The van der Waals surface area contributed by atoms with Crippen LogP contribution in [0, 0.1) is 17.0 Å². The first-order valence-electron chi connectivity index (χ1n) is 6.23. The number of carbonyl (C=O) groups is 1. The van der Waals surface area contributed by atoms with Crippen molar-refractivity contribution in [3.8, 4) is 0 Å². The van der Waals surface area contributed by atoms with Gasteiger partial charge in [-0.15, -0.1) is 0 Å². The van der Waals surface area contributed by atoms with Gasteiger partial charge in [-0.05, 0) is 30.2 Å². The van der Waals surface area contributed by atoms with Gasteiger partial charge in [0.05, 0.1) is 4.92 Å². The van der Waals surface area contributed by atoms with Crippen molar-refractivity contribution < 1.29 is 9.72 Å². The molecule has 21 heavy (non-hydrogen) atoms. The predicted molar refractivity (Wildman–Crippen MR) is 84.9 cm³/mol. The van der Waals surface area contributed by atoms with E-state index in [0.717, 1.165) is 10.9 Å². The second-order valence-corrected chi connectivity index (χ2v) is 5.07. The Labute approximate surface area is 130 Å². The van der Waals surface area contributed by atoms with Gasteiger partial charge < -0.3 is 5.32 Å². The molecule has 2 aromatic carbocycles. The monoisotopic (exact) mass is 348 g/mol. The van der Waals surface area contributed by atoms with E-state index in [1.807, 2.05) is 12.1 Å². The lowest BCUT2D eigenvalue weighted by atomic mass is 10.1. The smallest absolute Gasteiger partial charge is 0.282 e. The molecule has 0 saturated heterocycles. The standard InChI is InChI=1S/C15H13BrN2O3/c1-10-3-2-4-13(18(20)21)14(10)15(19)17-12-7-5-11(9-16)6-8-12/h2-8H,9H2,1H3,(H,17,19). The summed E-state index contributed by atoms with van der Waals surface area (Å²) in [6.07, 6.45) is 0. The molecule has 5 nitrogen and oxygen atoms in total. The number of hydrogen-bond donors (Lipinski definition) is 1. The fraction of sp³-hybridized carbons (Fsp3) is 0.133. The fourth-order valence-electron chi connectivity index (χ4n) is 1.97. The Kier molecular flexibility index (Phi) is 4.70. The van der Waals surface area contributed by atoms with Gasteiger partial charge in [-0.1, -0.05) is 40.2 Å². The summed E-state index contributed by atoms with van der Waals surface area (Å²) in [5, 5.41) is 14.4. The number of aryl methyl sites for hydroxylation is 1. The number of anilines is 1. The van der Waals surface area contributed by atoms with Crippen LogP contribution in [0.25, 0.3) is 0 Å². The van der Waals surface area contributed by atoms with Gasteiger partial charge in [0.1, 0.15) is 5.56 Å². The molecule has 0 aliphatic carbocycles. The van der Waals surface area contributed by atoms with E-state index < -0.39 is 10.8 Å². The molecule has 0 radical (unpaired) electrons. The lowest BCUT2D eigenvalue weighted by Crippen LogP contribution is -2.15. The van der Waals surface area contributed by atoms with E-state index in [1.54, 1.807) is 31.2 Å². The Morgan fingerprint density at radius 2 is 1.90 bits per heavy atom. The number of alkyl halides is 1. The molecule has 0 saturated carbocycles. The van der Waals surface area contributed by atoms with Crippen LogP contribution in [0.1, 0.15) is 21.5 Å². The largest absolute Gasteiger partial charge is 0.322 e. The summed E-state index contributed by atoms with van der Waals surface area (Å²) in [7, 11) is 0. The summed E-state index contributed by atoms with van der Waals surface area (Å²) in [5.41, 5.74) is 2.15. The number of hydrogen-bond acceptors (Lipinski definition) is 3. The lowest BCUT2D eigenvalue weighted by molar-refractivity contribution is -0.385. The minimum Gasteiger partial charge on any atom is -0.322 e. The number of rotatable bonds is 4. The van der Waals surface area contributed by atoms with Crippen molar-refractivity contribution in [3.05, 3.63) is 69.3 Å². The van der Waals surface area contributed by atoms with Crippen LogP contribution in [0.15, 0.2) is 42.5 Å². The number of nitrogens with one attached hydrogen (secondary N) is 1. The maximum Gasteiger partial charge on any atom is 0.282 e. The molecule has 0 fully saturated rings. The minimum atomic E-state index is -0.546. The maximum absolute atomic E-state index is 12.3. The van der Waals surface area contributed by atoms with Crippen LogP contribution in [0.3, 0.4) is 0 Å². The third-order valence-corrected chi connectivity index (χ3v) is 3.69. The van der Waals surface area contributed by atoms with Gasteiger partial charge in [0.25, 0.3) is 11.6 Å². The number of nitro benzene ring substituents is 1. The Morgan fingerprint density at radius 3 is 2.48 bits per heavy atom. The zero-order valence-corrected chi connectivity index (χ0v) is 12.9. The normalized spacial score (nSPS) is 10.2. The summed E-state index contributed by atoms with van der Waals surface area (Å²) in [6.45, 7) is 1.68. The second-order valence-electron chi connectivity index (χ2n) is 4.51. The van der Waals surface area contributed by atoms with Crippen LogP contribution >= 0.6 is 15.9 Å². The highest BCUT2D eigenvalue weighted by molar-refractivity contribution is 9.08. The Morgan fingerprint density at radius 1 is 1.24 bits per heavy atom. The summed E-state index contributed by atoms with van der Waals surface area (Å²) >= 11 is 3.34. The number of halogens is 1. The van der Waals surface area contributed by atoms with E-state index in [2.05, 4.69) is 21.2 Å². The van der Waals surface area contributed by atoms with E-state index in [1.165, 1.54) is 6.07 Å². The Balaban J connectivity index is 2.29. The zero-order valence-electron chi connectivity index (χ0n) is 11.3. The molecule has 0 spiro atoms. The number of benzene rings is 2. The van der Waals surface area contributed by atoms with Crippen LogP contribution in [0.2, 0.25) is 0 Å². The average molecular weight is 349 g/mol. The van der Waals surface area contributed by atoms with Crippen molar-refractivity contribution in [2.75, 3.05) is 5.32 Å². The highest BCUT2D eigenvalue weighted by Gasteiger charge is 2.22. The number of nitrogens with zero attached hydrogens (tertiary/aromatic N) is 1. The van der Waals surface area contributed by atoms with Gasteiger partial charge in [0.15, 0.2) is 0 Å². The van der Waals surface area contributed by atoms with Crippen molar-refractivity contribution in [1.29, 1.82) is 0 Å². The lowest BCUT2D eigenvalue weighted by Gasteiger charge is -2.08. The Hall–Kier alpha value is -2.21. The van der Waals surface area contributed by atoms with E-state index in [9.17, 15) is 14.9 Å². The molecule has 0 unspecified atom stereocenters. The van der Waals surface area contributed by atoms with Crippen LogP contribution in [0.5, 0.6) is 0 Å². The second kappa shape index (κ2) is 6.49. The summed E-state index contributed by atoms with van der Waals surface area (Å²) in [5.74, 6) is -0.480. The van der Waals surface area contributed by atoms with Gasteiger partial charge in [-0.25, -0.2) is 0 Å². The first-order chi connectivity index (χ1) is 10.0. The maximum atomic E-state index is 12.3. The quantitative estimate of drug-likeness (QED) is 0.514. The molecule has 2 rings (SSSR count). The molecule has 2 aromatic rings. The van der Waals surface area contributed by atoms with Gasteiger partial charge in [-0.2, -0.15) is 0 Å². The molecule has 0 aromatic heterocycles. The molecule has 0 heterocycles. The molecule has 1 amide bonds. The molecule has 0 atom stereocenters. The summed E-state index contributed by atoms with van der Waals surface area (Å²) in [4.78, 5) is 22.8.